The van der Waals surface area contributed by atoms with E-state index in [0.717, 1.165) is 32.0 Å². The zero-order valence-electron chi connectivity index (χ0n) is 19.8. The van der Waals surface area contributed by atoms with Crippen LogP contribution >= 0.6 is 0 Å². The minimum Gasteiger partial charge on any atom is -0.489 e. The molecule has 0 spiro atoms. The topological polar surface area (TPSA) is 24.9 Å². The fourth-order valence-electron chi connectivity index (χ4n) is 5.05. The van der Waals surface area contributed by atoms with Gasteiger partial charge in [-0.15, -0.1) is 0 Å². The number of fused-ring (bicyclic) bond motifs is 1. The average molecular weight is 455 g/mol. The Kier molecular flexibility index (Phi) is 7.59. The van der Waals surface area contributed by atoms with Gasteiger partial charge in [-0.05, 0) is 49.2 Å². The van der Waals surface area contributed by atoms with Crippen molar-refractivity contribution < 1.29 is 9.47 Å². The van der Waals surface area contributed by atoms with Gasteiger partial charge >= 0.3 is 0 Å². The molecule has 0 aromatic heterocycles. The average Bonchev–Trinajstić information content (AvgIpc) is 3.44. The van der Waals surface area contributed by atoms with Gasteiger partial charge in [-0.1, -0.05) is 84.9 Å². The summed E-state index contributed by atoms with van der Waals surface area (Å²) in [4.78, 5) is 5.15. The molecule has 4 heteroatoms. The second-order valence-electron chi connectivity index (χ2n) is 9.10. The van der Waals surface area contributed by atoms with Crippen molar-refractivity contribution in [2.24, 2.45) is 0 Å². The van der Waals surface area contributed by atoms with Crippen molar-refractivity contribution in [2.75, 3.05) is 44.4 Å². The third-order valence-corrected chi connectivity index (χ3v) is 6.83. The third-order valence-electron chi connectivity index (χ3n) is 6.83. The summed E-state index contributed by atoms with van der Waals surface area (Å²) in [6, 6.07) is 30.1. The zero-order chi connectivity index (χ0) is 23.0. The monoisotopic (exact) mass is 454 g/mol. The van der Waals surface area contributed by atoms with Crippen molar-refractivity contribution in [3.8, 4) is 5.75 Å². The summed E-state index contributed by atoms with van der Waals surface area (Å²) in [7, 11) is 0. The summed E-state index contributed by atoms with van der Waals surface area (Å²) in [5.74, 6) is 0.974. The number of ether oxygens (including phenoxy) is 2. The van der Waals surface area contributed by atoms with E-state index in [1.54, 1.807) is 0 Å². The van der Waals surface area contributed by atoms with Crippen molar-refractivity contribution in [2.45, 2.75) is 24.9 Å². The standard InChI is InChI=1S/C30H34N2O2/c1-3-12-25(13-4-1)14-11-21-33-23-27(31-19-9-10-20-31)22-32-28-17-7-8-18-30(28)34-24-29(32)26-15-5-2-6-16-26/h1-8,11-18,27,29H,9-10,19-24H2. The van der Waals surface area contributed by atoms with E-state index >= 15 is 0 Å². The Bertz CT molecular complexity index is 1050. The molecule has 176 valence electrons. The number of likely N-dealkylation sites (tertiary alicyclic amines) is 1. The maximum Gasteiger partial charge on any atom is 0.142 e. The number of rotatable bonds is 9. The first kappa shape index (κ1) is 22.7. The number of para-hydroxylation sites is 2. The number of nitrogens with zero attached hydrogens (tertiary/aromatic N) is 2. The highest BCUT2D eigenvalue weighted by Crippen LogP contribution is 2.39. The maximum absolute atomic E-state index is 6.21. The quantitative estimate of drug-likeness (QED) is 0.380. The highest BCUT2D eigenvalue weighted by atomic mass is 16.5. The molecule has 2 heterocycles. The summed E-state index contributed by atoms with van der Waals surface area (Å²) in [5, 5.41) is 0. The first-order chi connectivity index (χ1) is 16.9. The normalized spacial score (nSPS) is 19.2. The Balaban J connectivity index is 1.31. The summed E-state index contributed by atoms with van der Waals surface area (Å²) in [5.41, 5.74) is 3.68. The highest BCUT2D eigenvalue weighted by molar-refractivity contribution is 5.61. The van der Waals surface area contributed by atoms with Crippen molar-refractivity contribution in [3.63, 3.8) is 0 Å². The van der Waals surface area contributed by atoms with Gasteiger partial charge in [-0.25, -0.2) is 0 Å². The third kappa shape index (κ3) is 5.52. The van der Waals surface area contributed by atoms with Crippen LogP contribution in [0.5, 0.6) is 5.75 Å². The van der Waals surface area contributed by atoms with E-state index in [2.05, 4.69) is 101 Å². The summed E-state index contributed by atoms with van der Waals surface area (Å²) in [6.07, 6.45) is 6.79. The van der Waals surface area contributed by atoms with E-state index < -0.39 is 0 Å². The highest BCUT2D eigenvalue weighted by Gasteiger charge is 2.32. The first-order valence-corrected chi connectivity index (χ1v) is 12.5. The molecule has 0 bridgehead atoms. The van der Waals surface area contributed by atoms with Crippen LogP contribution in [0.25, 0.3) is 6.08 Å². The summed E-state index contributed by atoms with van der Waals surface area (Å²) in [6.45, 7) is 5.23. The van der Waals surface area contributed by atoms with Crippen molar-refractivity contribution in [1.82, 2.24) is 4.90 Å². The number of anilines is 1. The smallest absolute Gasteiger partial charge is 0.142 e. The molecule has 5 rings (SSSR count). The Morgan fingerprint density at radius 2 is 1.59 bits per heavy atom. The van der Waals surface area contributed by atoms with E-state index in [-0.39, 0.29) is 6.04 Å². The minimum absolute atomic E-state index is 0.194. The van der Waals surface area contributed by atoms with Crippen LogP contribution in [0, 0.1) is 0 Å². The Morgan fingerprint density at radius 1 is 0.882 bits per heavy atom. The van der Waals surface area contributed by atoms with Crippen molar-refractivity contribution in [3.05, 3.63) is 102 Å². The Morgan fingerprint density at radius 3 is 2.38 bits per heavy atom. The van der Waals surface area contributed by atoms with Gasteiger partial charge in [0, 0.05) is 6.54 Å². The van der Waals surface area contributed by atoms with Crippen LogP contribution < -0.4 is 9.64 Å². The SMILES string of the molecule is C(=Cc1ccccc1)COCC(CN1c2ccccc2OCC1c1ccccc1)N1CCCC1. The maximum atomic E-state index is 6.21. The second-order valence-corrected chi connectivity index (χ2v) is 9.10. The van der Waals surface area contributed by atoms with Crippen LogP contribution in [0.3, 0.4) is 0 Å². The van der Waals surface area contributed by atoms with Crippen LogP contribution in [0.15, 0.2) is 91.0 Å². The molecule has 3 aromatic rings. The summed E-state index contributed by atoms with van der Waals surface area (Å²) < 4.78 is 12.4. The number of hydrogen-bond acceptors (Lipinski definition) is 4. The molecule has 0 radical (unpaired) electrons. The van der Waals surface area contributed by atoms with E-state index in [4.69, 9.17) is 9.47 Å². The van der Waals surface area contributed by atoms with Crippen LogP contribution in [0.4, 0.5) is 5.69 Å². The van der Waals surface area contributed by atoms with E-state index in [9.17, 15) is 0 Å². The molecule has 4 nitrogen and oxygen atoms in total. The lowest BCUT2D eigenvalue weighted by Gasteiger charge is -2.42. The molecule has 2 unspecified atom stereocenters. The van der Waals surface area contributed by atoms with Gasteiger partial charge in [0.05, 0.1) is 31.0 Å². The molecular formula is C30H34N2O2. The van der Waals surface area contributed by atoms with E-state index in [1.807, 2.05) is 6.07 Å². The Hall–Kier alpha value is -3.08. The van der Waals surface area contributed by atoms with Gasteiger partial charge in [-0.2, -0.15) is 0 Å². The Labute approximate surface area is 203 Å². The van der Waals surface area contributed by atoms with Gasteiger partial charge in [0.25, 0.3) is 0 Å². The predicted molar refractivity (Wildman–Crippen MR) is 139 cm³/mol. The molecule has 0 N–H and O–H groups in total. The predicted octanol–water partition coefficient (Wildman–Crippen LogP) is 5.82. The largest absolute Gasteiger partial charge is 0.489 e. The molecule has 3 aromatic carbocycles. The zero-order valence-corrected chi connectivity index (χ0v) is 19.8. The van der Waals surface area contributed by atoms with Crippen LogP contribution in [-0.2, 0) is 4.74 Å². The van der Waals surface area contributed by atoms with Crippen LogP contribution in [0.1, 0.15) is 30.0 Å². The molecule has 0 aliphatic carbocycles. The molecule has 0 saturated carbocycles. The molecule has 1 fully saturated rings. The van der Waals surface area contributed by atoms with Gasteiger partial charge in [0.2, 0.25) is 0 Å². The molecule has 2 atom stereocenters. The fraction of sp³-hybridized carbons (Fsp3) is 0.333. The molecule has 34 heavy (non-hydrogen) atoms. The molecule has 2 aliphatic rings. The molecule has 0 amide bonds. The van der Waals surface area contributed by atoms with Crippen molar-refractivity contribution in [1.29, 1.82) is 0 Å². The number of hydrogen-bond donors (Lipinski definition) is 0. The van der Waals surface area contributed by atoms with Gasteiger partial charge in [0.1, 0.15) is 12.4 Å². The summed E-state index contributed by atoms with van der Waals surface area (Å²) >= 11 is 0. The second kappa shape index (κ2) is 11.4. The van der Waals surface area contributed by atoms with Gasteiger partial charge < -0.3 is 14.4 Å². The van der Waals surface area contributed by atoms with E-state index in [1.165, 1.54) is 29.7 Å². The number of benzene rings is 3. The van der Waals surface area contributed by atoms with Crippen molar-refractivity contribution >= 4 is 11.8 Å². The van der Waals surface area contributed by atoms with E-state index in [0.29, 0.717) is 19.3 Å². The lowest BCUT2D eigenvalue weighted by Crippen LogP contribution is -2.48. The first-order valence-electron chi connectivity index (χ1n) is 12.5. The molecule has 1 saturated heterocycles. The van der Waals surface area contributed by atoms with Gasteiger partial charge in [0.15, 0.2) is 0 Å². The van der Waals surface area contributed by atoms with Crippen LogP contribution in [-0.4, -0.2) is 50.4 Å². The molecular weight excluding hydrogens is 420 g/mol. The van der Waals surface area contributed by atoms with Gasteiger partial charge in [-0.3, -0.25) is 4.90 Å². The molecule has 2 aliphatic heterocycles. The van der Waals surface area contributed by atoms with Crippen LogP contribution in [0.2, 0.25) is 0 Å². The fourth-order valence-corrected chi connectivity index (χ4v) is 5.05. The minimum atomic E-state index is 0.194. The lowest BCUT2D eigenvalue weighted by molar-refractivity contribution is 0.0856. The lowest BCUT2D eigenvalue weighted by atomic mass is 10.0.